The lowest BCUT2D eigenvalue weighted by Crippen LogP contribution is -2.23. The van der Waals surface area contributed by atoms with Crippen molar-refractivity contribution >= 4 is 29.2 Å². The molecular formula is C24H24N4O5. The van der Waals surface area contributed by atoms with Crippen LogP contribution in [0.25, 0.3) is 0 Å². The predicted molar refractivity (Wildman–Crippen MR) is 124 cm³/mol. The molecule has 0 aliphatic carbocycles. The van der Waals surface area contributed by atoms with Gasteiger partial charge in [0.25, 0.3) is 11.8 Å². The molecule has 0 bridgehead atoms. The van der Waals surface area contributed by atoms with Crippen molar-refractivity contribution < 1.29 is 23.9 Å². The summed E-state index contributed by atoms with van der Waals surface area (Å²) >= 11 is 0. The van der Waals surface area contributed by atoms with E-state index in [0.29, 0.717) is 35.0 Å². The first kappa shape index (κ1) is 23.1. The first-order valence-electron chi connectivity index (χ1n) is 10.0. The van der Waals surface area contributed by atoms with Gasteiger partial charge < -0.3 is 31.2 Å². The van der Waals surface area contributed by atoms with Crippen LogP contribution in [0.5, 0.6) is 11.5 Å². The number of benzene rings is 3. The molecule has 33 heavy (non-hydrogen) atoms. The maximum Gasteiger partial charge on any atom is 0.316 e. The maximum atomic E-state index is 12.4. The van der Waals surface area contributed by atoms with Gasteiger partial charge in [-0.2, -0.15) is 0 Å². The van der Waals surface area contributed by atoms with E-state index >= 15 is 0 Å². The Bertz CT molecular complexity index is 1110. The molecule has 3 aromatic rings. The van der Waals surface area contributed by atoms with Gasteiger partial charge in [-0.1, -0.05) is 18.2 Å². The van der Waals surface area contributed by atoms with Gasteiger partial charge in [-0.15, -0.1) is 0 Å². The molecule has 0 aliphatic rings. The third-order valence-electron chi connectivity index (χ3n) is 4.51. The summed E-state index contributed by atoms with van der Waals surface area (Å²) in [5, 5.41) is 8.01. The van der Waals surface area contributed by atoms with Crippen molar-refractivity contribution in [3.63, 3.8) is 0 Å². The van der Waals surface area contributed by atoms with Crippen LogP contribution in [0.15, 0.2) is 72.8 Å². The average molecular weight is 448 g/mol. The molecule has 9 heteroatoms. The second kappa shape index (κ2) is 11.2. The highest BCUT2D eigenvalue weighted by atomic mass is 16.5. The van der Waals surface area contributed by atoms with Gasteiger partial charge in [0.1, 0.15) is 11.5 Å². The molecular weight excluding hydrogens is 424 g/mol. The lowest BCUT2D eigenvalue weighted by Gasteiger charge is -2.10. The summed E-state index contributed by atoms with van der Waals surface area (Å²) in [7, 11) is 1.55. The minimum atomic E-state index is -0.638. The third kappa shape index (κ3) is 7.28. The van der Waals surface area contributed by atoms with Crippen LogP contribution < -0.4 is 31.2 Å². The predicted octanol–water partition coefficient (Wildman–Crippen LogP) is 3.13. The first-order valence-corrected chi connectivity index (χ1v) is 10.0. The number of urea groups is 1. The number of nitrogens with two attached hydrogens (primary N) is 1. The molecule has 0 radical (unpaired) electrons. The minimum absolute atomic E-state index is 0.177. The van der Waals surface area contributed by atoms with Crippen molar-refractivity contribution in [2.24, 2.45) is 5.73 Å². The number of primary amides is 1. The van der Waals surface area contributed by atoms with Gasteiger partial charge in [0.15, 0.2) is 6.61 Å². The van der Waals surface area contributed by atoms with E-state index in [2.05, 4.69) is 16.0 Å². The van der Waals surface area contributed by atoms with Gasteiger partial charge >= 0.3 is 6.03 Å². The molecule has 0 aromatic heterocycles. The van der Waals surface area contributed by atoms with Crippen molar-refractivity contribution in [2.75, 3.05) is 24.4 Å². The number of methoxy groups -OCH3 is 1. The van der Waals surface area contributed by atoms with Crippen LogP contribution in [0, 0.1) is 0 Å². The summed E-state index contributed by atoms with van der Waals surface area (Å²) in [6.45, 7) is 0.141. The number of amides is 4. The molecule has 9 nitrogen and oxygen atoms in total. The van der Waals surface area contributed by atoms with E-state index in [1.165, 1.54) is 0 Å². The van der Waals surface area contributed by atoms with Crippen LogP contribution in [0.4, 0.5) is 16.2 Å². The van der Waals surface area contributed by atoms with Crippen LogP contribution in [-0.2, 0) is 11.3 Å². The highest BCUT2D eigenvalue weighted by Crippen LogP contribution is 2.17. The van der Waals surface area contributed by atoms with E-state index < -0.39 is 6.03 Å². The second-order valence-corrected chi connectivity index (χ2v) is 6.96. The molecule has 3 aromatic carbocycles. The number of hydrogen-bond donors (Lipinski definition) is 4. The van der Waals surface area contributed by atoms with Crippen molar-refractivity contribution in [3.05, 3.63) is 83.9 Å². The molecule has 5 N–H and O–H groups in total. The van der Waals surface area contributed by atoms with Gasteiger partial charge in [-0.25, -0.2) is 4.79 Å². The quantitative estimate of drug-likeness (QED) is 0.399. The van der Waals surface area contributed by atoms with Crippen molar-refractivity contribution in [1.82, 2.24) is 5.32 Å². The summed E-state index contributed by atoms with van der Waals surface area (Å²) in [4.78, 5) is 35.3. The topological polar surface area (TPSA) is 132 Å². The highest BCUT2D eigenvalue weighted by molar-refractivity contribution is 5.94. The number of anilines is 2. The molecule has 0 saturated carbocycles. The zero-order chi connectivity index (χ0) is 23.6. The van der Waals surface area contributed by atoms with Gasteiger partial charge in [0.05, 0.1) is 7.11 Å². The van der Waals surface area contributed by atoms with Crippen LogP contribution in [0.1, 0.15) is 15.9 Å². The minimum Gasteiger partial charge on any atom is -0.497 e. The van der Waals surface area contributed by atoms with Crippen LogP contribution in [0.2, 0.25) is 0 Å². The van der Waals surface area contributed by atoms with Crippen molar-refractivity contribution in [2.45, 2.75) is 6.54 Å². The van der Waals surface area contributed by atoms with E-state index in [9.17, 15) is 14.4 Å². The zero-order valence-corrected chi connectivity index (χ0v) is 18.0. The van der Waals surface area contributed by atoms with E-state index in [1.54, 1.807) is 79.9 Å². The summed E-state index contributed by atoms with van der Waals surface area (Å²) in [5.74, 6) is 0.531. The maximum absolute atomic E-state index is 12.4. The van der Waals surface area contributed by atoms with E-state index in [-0.39, 0.29) is 18.4 Å². The molecule has 0 spiro atoms. The SMILES string of the molecule is COc1cccc(NC(=O)COc2ccc(C(=O)NCc3ccc(NC(N)=O)cc3)cc2)c1. The Hall–Kier alpha value is -4.53. The monoisotopic (exact) mass is 448 g/mol. The number of rotatable bonds is 9. The lowest BCUT2D eigenvalue weighted by molar-refractivity contribution is -0.118. The number of nitrogens with one attached hydrogen (secondary N) is 3. The van der Waals surface area contributed by atoms with Crippen LogP contribution in [0.3, 0.4) is 0 Å². The summed E-state index contributed by atoms with van der Waals surface area (Å²) in [6.07, 6.45) is 0. The Balaban J connectivity index is 1.45. The lowest BCUT2D eigenvalue weighted by atomic mass is 10.1. The highest BCUT2D eigenvalue weighted by Gasteiger charge is 2.08. The van der Waals surface area contributed by atoms with E-state index in [4.69, 9.17) is 15.2 Å². The molecule has 0 atom stereocenters. The third-order valence-corrected chi connectivity index (χ3v) is 4.51. The Kier molecular flexibility index (Phi) is 7.85. The smallest absolute Gasteiger partial charge is 0.316 e. The largest absolute Gasteiger partial charge is 0.497 e. The van der Waals surface area contributed by atoms with Crippen LogP contribution in [-0.4, -0.2) is 31.6 Å². The number of ether oxygens (including phenoxy) is 2. The Labute approximate surface area is 190 Å². The fraction of sp³-hybridized carbons (Fsp3) is 0.125. The Morgan fingerprint density at radius 1 is 0.848 bits per heavy atom. The summed E-state index contributed by atoms with van der Waals surface area (Å²) < 4.78 is 10.6. The molecule has 0 saturated heterocycles. The number of carbonyl (C=O) groups is 3. The summed E-state index contributed by atoms with van der Waals surface area (Å²) in [5.41, 5.74) is 7.57. The molecule has 4 amide bonds. The zero-order valence-electron chi connectivity index (χ0n) is 18.0. The molecule has 0 fully saturated rings. The molecule has 0 heterocycles. The van der Waals surface area contributed by atoms with E-state index in [1.807, 2.05) is 0 Å². The Morgan fingerprint density at radius 2 is 1.58 bits per heavy atom. The first-order chi connectivity index (χ1) is 15.9. The average Bonchev–Trinajstić information content (AvgIpc) is 2.82. The molecule has 3 rings (SSSR count). The van der Waals surface area contributed by atoms with Gasteiger partial charge in [0.2, 0.25) is 0 Å². The van der Waals surface area contributed by atoms with Crippen molar-refractivity contribution in [3.8, 4) is 11.5 Å². The number of hydrogen-bond acceptors (Lipinski definition) is 5. The van der Waals surface area contributed by atoms with Gasteiger partial charge in [0, 0.05) is 29.5 Å². The fourth-order valence-corrected chi connectivity index (χ4v) is 2.88. The Morgan fingerprint density at radius 3 is 2.24 bits per heavy atom. The normalized spacial score (nSPS) is 10.1. The molecule has 0 unspecified atom stereocenters. The molecule has 170 valence electrons. The standard InChI is InChI=1S/C24H24N4O5/c1-32-21-4-2-3-19(13-21)27-22(29)15-33-20-11-7-17(8-12-20)23(30)26-14-16-5-9-18(10-6-16)28-24(25)31/h2-13H,14-15H2,1H3,(H,26,30)(H,27,29)(H3,25,28,31). The summed E-state index contributed by atoms with van der Waals surface area (Å²) in [6, 6.07) is 19.8. The van der Waals surface area contributed by atoms with Gasteiger partial charge in [-0.3, -0.25) is 9.59 Å². The van der Waals surface area contributed by atoms with E-state index in [0.717, 1.165) is 5.56 Å². The number of carbonyl (C=O) groups excluding carboxylic acids is 3. The van der Waals surface area contributed by atoms with Gasteiger partial charge in [-0.05, 0) is 54.1 Å². The second-order valence-electron chi connectivity index (χ2n) is 6.96. The van der Waals surface area contributed by atoms with Crippen LogP contribution >= 0.6 is 0 Å². The molecule has 0 aliphatic heterocycles. The van der Waals surface area contributed by atoms with Crippen molar-refractivity contribution in [1.29, 1.82) is 0 Å². The fourth-order valence-electron chi connectivity index (χ4n) is 2.88.